The van der Waals surface area contributed by atoms with Crippen molar-refractivity contribution in [3.8, 4) is 0 Å². The zero-order chi connectivity index (χ0) is 15.6. The fraction of sp³-hybridized carbons (Fsp3) is 0.938. The third-order valence-electron chi connectivity index (χ3n) is 4.00. The Morgan fingerprint density at radius 2 is 2.19 bits per heavy atom. The number of likely N-dealkylation sites (N-methyl/N-ethyl adjacent to an activating group) is 1. The van der Waals surface area contributed by atoms with Crippen molar-refractivity contribution in [3.63, 3.8) is 0 Å². The highest BCUT2D eigenvalue weighted by molar-refractivity contribution is 5.80. The summed E-state index contributed by atoms with van der Waals surface area (Å²) in [5, 5.41) is 3.22. The van der Waals surface area contributed by atoms with Crippen molar-refractivity contribution in [3.05, 3.63) is 0 Å². The lowest BCUT2D eigenvalue weighted by Gasteiger charge is -2.27. The van der Waals surface area contributed by atoms with Crippen LogP contribution in [0.15, 0.2) is 0 Å². The standard InChI is InChI=1S/C16H31NO4/c1-4-17-16(2,15(18)19-3)10-6-8-11-20-13-14-9-5-7-12-21-14/h14,17H,4-13H2,1-3H3. The van der Waals surface area contributed by atoms with Gasteiger partial charge in [-0.1, -0.05) is 6.92 Å². The minimum Gasteiger partial charge on any atom is -0.468 e. The Kier molecular flexibility index (Phi) is 8.88. The summed E-state index contributed by atoms with van der Waals surface area (Å²) in [6.07, 6.45) is 6.45. The van der Waals surface area contributed by atoms with Crippen molar-refractivity contribution in [1.29, 1.82) is 0 Å². The average Bonchev–Trinajstić information content (AvgIpc) is 2.51. The zero-order valence-electron chi connectivity index (χ0n) is 13.8. The highest BCUT2D eigenvalue weighted by Crippen LogP contribution is 2.16. The third kappa shape index (κ3) is 6.76. The average molecular weight is 301 g/mol. The Labute approximate surface area is 128 Å². The van der Waals surface area contributed by atoms with E-state index in [1.165, 1.54) is 20.0 Å². The predicted molar refractivity (Wildman–Crippen MR) is 82.4 cm³/mol. The van der Waals surface area contributed by atoms with Crippen molar-refractivity contribution in [2.45, 2.75) is 64.0 Å². The second-order valence-corrected chi connectivity index (χ2v) is 5.87. The first kappa shape index (κ1) is 18.4. The summed E-state index contributed by atoms with van der Waals surface area (Å²) in [7, 11) is 1.44. The topological polar surface area (TPSA) is 56.8 Å². The first-order chi connectivity index (χ1) is 10.1. The Hall–Kier alpha value is -0.650. The minimum atomic E-state index is -0.587. The van der Waals surface area contributed by atoms with E-state index in [0.717, 1.165) is 45.4 Å². The molecular weight excluding hydrogens is 270 g/mol. The van der Waals surface area contributed by atoms with Gasteiger partial charge in [0, 0.05) is 13.2 Å². The van der Waals surface area contributed by atoms with Crippen LogP contribution in [0.1, 0.15) is 52.4 Å². The molecule has 1 aliphatic rings. The number of ether oxygens (including phenoxy) is 3. The van der Waals surface area contributed by atoms with Crippen LogP contribution in [-0.2, 0) is 19.0 Å². The molecule has 0 saturated carbocycles. The molecule has 124 valence electrons. The van der Waals surface area contributed by atoms with Gasteiger partial charge in [0.15, 0.2) is 0 Å². The van der Waals surface area contributed by atoms with Crippen LogP contribution in [-0.4, -0.2) is 51.1 Å². The fourth-order valence-corrected chi connectivity index (χ4v) is 2.71. The number of unbranched alkanes of at least 4 members (excludes halogenated alkanes) is 1. The number of hydrogen-bond donors (Lipinski definition) is 1. The van der Waals surface area contributed by atoms with Crippen LogP contribution in [0.2, 0.25) is 0 Å². The van der Waals surface area contributed by atoms with E-state index >= 15 is 0 Å². The molecule has 1 rings (SSSR count). The zero-order valence-corrected chi connectivity index (χ0v) is 13.8. The van der Waals surface area contributed by atoms with Gasteiger partial charge in [0.1, 0.15) is 5.54 Å². The Balaban J connectivity index is 2.12. The Morgan fingerprint density at radius 1 is 1.38 bits per heavy atom. The first-order valence-electron chi connectivity index (χ1n) is 8.15. The summed E-state index contributed by atoms with van der Waals surface area (Å²) in [5.74, 6) is -0.194. The number of esters is 1. The van der Waals surface area contributed by atoms with E-state index in [4.69, 9.17) is 14.2 Å². The molecule has 1 fully saturated rings. The molecule has 0 radical (unpaired) electrons. The number of carbonyl (C=O) groups is 1. The normalized spacial score (nSPS) is 21.8. The van der Waals surface area contributed by atoms with E-state index in [-0.39, 0.29) is 12.1 Å². The van der Waals surface area contributed by atoms with Gasteiger partial charge in [-0.25, -0.2) is 0 Å². The Morgan fingerprint density at radius 3 is 2.81 bits per heavy atom. The van der Waals surface area contributed by atoms with Gasteiger partial charge in [0.25, 0.3) is 0 Å². The van der Waals surface area contributed by atoms with Crippen LogP contribution in [0.5, 0.6) is 0 Å². The van der Waals surface area contributed by atoms with Crippen molar-refractivity contribution >= 4 is 5.97 Å². The predicted octanol–water partition coefficient (Wildman–Crippen LogP) is 2.28. The molecule has 0 aromatic carbocycles. The molecule has 0 amide bonds. The van der Waals surface area contributed by atoms with Crippen molar-refractivity contribution in [2.24, 2.45) is 0 Å². The van der Waals surface area contributed by atoms with Crippen LogP contribution in [0.3, 0.4) is 0 Å². The summed E-state index contributed by atoms with van der Waals surface area (Å²) >= 11 is 0. The van der Waals surface area contributed by atoms with Crippen molar-refractivity contribution in [2.75, 3.05) is 33.5 Å². The van der Waals surface area contributed by atoms with Gasteiger partial charge < -0.3 is 19.5 Å². The largest absolute Gasteiger partial charge is 0.468 e. The Bertz CT molecular complexity index is 292. The fourth-order valence-electron chi connectivity index (χ4n) is 2.71. The summed E-state index contributed by atoms with van der Waals surface area (Å²) < 4.78 is 16.2. The summed E-state index contributed by atoms with van der Waals surface area (Å²) in [4.78, 5) is 11.8. The molecule has 5 nitrogen and oxygen atoms in total. The molecule has 1 aliphatic heterocycles. The molecule has 0 bridgehead atoms. The van der Waals surface area contributed by atoms with Gasteiger partial charge in [-0.05, 0) is 52.0 Å². The summed E-state index contributed by atoms with van der Waals surface area (Å²) in [5.41, 5.74) is -0.587. The quantitative estimate of drug-likeness (QED) is 0.495. The van der Waals surface area contributed by atoms with E-state index in [1.807, 2.05) is 13.8 Å². The molecule has 2 atom stereocenters. The van der Waals surface area contributed by atoms with Crippen molar-refractivity contribution in [1.82, 2.24) is 5.32 Å². The molecule has 0 aromatic heterocycles. The van der Waals surface area contributed by atoms with Gasteiger partial charge in [-0.3, -0.25) is 4.79 Å². The van der Waals surface area contributed by atoms with Crippen molar-refractivity contribution < 1.29 is 19.0 Å². The van der Waals surface area contributed by atoms with Gasteiger partial charge in [0.2, 0.25) is 0 Å². The number of methoxy groups -OCH3 is 1. The maximum absolute atomic E-state index is 11.8. The van der Waals surface area contributed by atoms with Crippen LogP contribution in [0, 0.1) is 0 Å². The molecular formula is C16H31NO4. The lowest BCUT2D eigenvalue weighted by Crippen LogP contribution is -2.50. The monoisotopic (exact) mass is 301 g/mol. The highest BCUT2D eigenvalue weighted by Gasteiger charge is 2.32. The number of hydrogen-bond acceptors (Lipinski definition) is 5. The minimum absolute atomic E-state index is 0.194. The van der Waals surface area contributed by atoms with E-state index in [1.54, 1.807) is 0 Å². The van der Waals surface area contributed by atoms with E-state index in [2.05, 4.69) is 5.32 Å². The lowest BCUT2D eigenvalue weighted by atomic mass is 9.95. The van der Waals surface area contributed by atoms with E-state index < -0.39 is 5.54 Å². The molecule has 1 saturated heterocycles. The third-order valence-corrected chi connectivity index (χ3v) is 4.00. The van der Waals surface area contributed by atoms with Crippen LogP contribution >= 0.6 is 0 Å². The summed E-state index contributed by atoms with van der Waals surface area (Å²) in [6, 6.07) is 0. The van der Waals surface area contributed by atoms with E-state index in [9.17, 15) is 4.79 Å². The van der Waals surface area contributed by atoms with E-state index in [0.29, 0.717) is 6.61 Å². The maximum Gasteiger partial charge on any atom is 0.325 e. The summed E-state index contributed by atoms with van der Waals surface area (Å²) in [6.45, 7) is 6.94. The highest BCUT2D eigenvalue weighted by atomic mass is 16.5. The molecule has 0 aromatic rings. The second-order valence-electron chi connectivity index (χ2n) is 5.87. The van der Waals surface area contributed by atoms with Gasteiger partial charge in [0.05, 0.1) is 19.8 Å². The SMILES string of the molecule is CCNC(C)(CCCCOCC1CCCCO1)C(=O)OC. The smallest absolute Gasteiger partial charge is 0.325 e. The second kappa shape index (κ2) is 10.1. The molecule has 1 N–H and O–H groups in total. The molecule has 0 spiro atoms. The van der Waals surface area contributed by atoms with Gasteiger partial charge in [-0.2, -0.15) is 0 Å². The number of carbonyl (C=O) groups excluding carboxylic acids is 1. The molecule has 5 heteroatoms. The van der Waals surface area contributed by atoms with Crippen LogP contribution in [0.4, 0.5) is 0 Å². The van der Waals surface area contributed by atoms with Gasteiger partial charge >= 0.3 is 5.97 Å². The molecule has 0 aliphatic carbocycles. The first-order valence-corrected chi connectivity index (χ1v) is 8.15. The molecule has 2 unspecified atom stereocenters. The van der Waals surface area contributed by atoms with Gasteiger partial charge in [-0.15, -0.1) is 0 Å². The number of rotatable bonds is 10. The lowest BCUT2D eigenvalue weighted by molar-refractivity contribution is -0.148. The van der Waals surface area contributed by atoms with Crippen LogP contribution in [0.25, 0.3) is 0 Å². The molecule has 1 heterocycles. The number of nitrogens with one attached hydrogen (secondary N) is 1. The maximum atomic E-state index is 11.8. The molecule has 21 heavy (non-hydrogen) atoms. The van der Waals surface area contributed by atoms with Crippen LogP contribution < -0.4 is 5.32 Å².